The summed E-state index contributed by atoms with van der Waals surface area (Å²) in [5.41, 5.74) is 0.279. The number of carbonyl (C=O) groups excluding carboxylic acids is 1. The molecule has 0 saturated heterocycles. The van der Waals surface area contributed by atoms with Crippen molar-refractivity contribution in [1.29, 1.82) is 0 Å². The summed E-state index contributed by atoms with van der Waals surface area (Å²) in [7, 11) is -2.58. The molecule has 2 aromatic rings. The Balaban J connectivity index is 2.08. The third kappa shape index (κ3) is 2.95. The number of benzene rings is 2. The lowest BCUT2D eigenvalue weighted by atomic mass is 10.2. The Kier molecular flexibility index (Phi) is 4.51. The fourth-order valence-electron chi connectivity index (χ4n) is 2.57. The zero-order valence-corrected chi connectivity index (χ0v) is 15.0. The number of carboxylic acids is 1. The average molecular weight is 397 g/mol. The highest BCUT2D eigenvalue weighted by atomic mass is 35.5. The van der Waals surface area contributed by atoms with Gasteiger partial charge in [-0.3, -0.25) is 9.69 Å². The second kappa shape index (κ2) is 6.50. The van der Waals surface area contributed by atoms with Crippen LogP contribution in [0.1, 0.15) is 0 Å². The van der Waals surface area contributed by atoms with E-state index in [4.69, 9.17) is 21.4 Å². The summed E-state index contributed by atoms with van der Waals surface area (Å²) in [4.78, 5) is 23.9. The second-order valence-corrected chi connectivity index (χ2v) is 7.64. The van der Waals surface area contributed by atoms with Crippen LogP contribution in [-0.4, -0.2) is 39.2 Å². The Morgan fingerprint density at radius 3 is 2.35 bits per heavy atom. The Morgan fingerprint density at radius 1 is 1.12 bits per heavy atom. The zero-order chi connectivity index (χ0) is 19.1. The van der Waals surface area contributed by atoms with Crippen molar-refractivity contribution in [3.8, 4) is 5.75 Å². The molecule has 0 aromatic heterocycles. The molecule has 0 unspecified atom stereocenters. The number of nitrogens with zero attached hydrogens (tertiary/aromatic N) is 2. The predicted octanol–water partition coefficient (Wildman–Crippen LogP) is 1.93. The zero-order valence-electron chi connectivity index (χ0n) is 13.4. The summed E-state index contributed by atoms with van der Waals surface area (Å²) in [6.45, 7) is -0.463. The number of anilines is 2. The van der Waals surface area contributed by atoms with Crippen LogP contribution in [0.4, 0.5) is 11.4 Å². The maximum Gasteiger partial charge on any atom is 0.395 e. The van der Waals surface area contributed by atoms with Crippen LogP contribution in [0.15, 0.2) is 47.4 Å². The van der Waals surface area contributed by atoms with Gasteiger partial charge in [0.05, 0.1) is 23.4 Å². The molecule has 3 rings (SSSR count). The highest BCUT2D eigenvalue weighted by Gasteiger charge is 2.39. The molecular weight excluding hydrogens is 384 g/mol. The maximum atomic E-state index is 13.0. The van der Waals surface area contributed by atoms with Gasteiger partial charge < -0.3 is 9.84 Å². The van der Waals surface area contributed by atoms with Crippen LogP contribution in [-0.2, 0) is 19.6 Å². The van der Waals surface area contributed by atoms with E-state index in [0.29, 0.717) is 5.75 Å². The minimum absolute atomic E-state index is 0.0242. The van der Waals surface area contributed by atoms with Crippen LogP contribution in [0.25, 0.3) is 0 Å². The Morgan fingerprint density at radius 2 is 1.77 bits per heavy atom. The number of hydrogen-bond acceptors (Lipinski definition) is 5. The van der Waals surface area contributed by atoms with E-state index in [1.165, 1.54) is 49.6 Å². The van der Waals surface area contributed by atoms with E-state index >= 15 is 0 Å². The summed E-state index contributed by atoms with van der Waals surface area (Å²) in [5.74, 6) is -2.46. The molecule has 8 nitrogen and oxygen atoms in total. The van der Waals surface area contributed by atoms with Gasteiger partial charge in [-0.2, -0.15) is 0 Å². The topological polar surface area (TPSA) is 104 Å². The van der Waals surface area contributed by atoms with E-state index in [1.54, 1.807) is 0 Å². The average Bonchev–Trinajstić information content (AvgIpc) is 3.00. The summed E-state index contributed by atoms with van der Waals surface area (Å²) in [5, 5.41) is 9.24. The largest absolute Gasteiger partial charge is 0.497 e. The molecule has 2 aromatic carbocycles. The van der Waals surface area contributed by atoms with Crippen molar-refractivity contribution in [1.82, 2.24) is 0 Å². The van der Waals surface area contributed by atoms with Crippen LogP contribution < -0.4 is 13.9 Å². The fourth-order valence-corrected chi connectivity index (χ4v) is 4.16. The van der Waals surface area contributed by atoms with Crippen molar-refractivity contribution in [3.63, 3.8) is 0 Å². The second-order valence-electron chi connectivity index (χ2n) is 5.34. The molecule has 1 aliphatic rings. The van der Waals surface area contributed by atoms with Crippen molar-refractivity contribution in [2.24, 2.45) is 0 Å². The smallest absolute Gasteiger partial charge is 0.395 e. The third-order valence-corrected chi connectivity index (χ3v) is 5.84. The van der Waals surface area contributed by atoms with Crippen molar-refractivity contribution in [2.75, 3.05) is 23.0 Å². The number of halogens is 1. The fraction of sp³-hybridized carbons (Fsp3) is 0.125. The van der Waals surface area contributed by atoms with Crippen molar-refractivity contribution in [3.05, 3.63) is 47.5 Å². The van der Waals surface area contributed by atoms with E-state index in [-0.39, 0.29) is 21.3 Å². The van der Waals surface area contributed by atoms with Gasteiger partial charge in [0.1, 0.15) is 12.4 Å². The quantitative estimate of drug-likeness (QED) is 0.795. The summed E-state index contributed by atoms with van der Waals surface area (Å²) >= 11 is 5.92. The number of sulfonamides is 1. The van der Waals surface area contributed by atoms with Gasteiger partial charge in [-0.1, -0.05) is 11.6 Å². The van der Waals surface area contributed by atoms with Crippen molar-refractivity contribution >= 4 is 44.9 Å². The summed E-state index contributed by atoms with van der Waals surface area (Å²) < 4.78 is 31.9. The molecule has 10 heteroatoms. The van der Waals surface area contributed by atoms with Gasteiger partial charge in [-0.05, 0) is 42.5 Å². The first-order valence-electron chi connectivity index (χ1n) is 7.27. The first-order valence-corrected chi connectivity index (χ1v) is 9.08. The van der Waals surface area contributed by atoms with Crippen LogP contribution in [0.5, 0.6) is 5.75 Å². The highest BCUT2D eigenvalue weighted by molar-refractivity contribution is 7.92. The highest BCUT2D eigenvalue weighted by Crippen LogP contribution is 2.41. The van der Waals surface area contributed by atoms with E-state index in [2.05, 4.69) is 0 Å². The Bertz CT molecular complexity index is 990. The van der Waals surface area contributed by atoms with E-state index in [1.807, 2.05) is 0 Å². The lowest BCUT2D eigenvalue weighted by molar-refractivity contribution is -0.148. The van der Waals surface area contributed by atoms with Gasteiger partial charge >= 0.3 is 11.9 Å². The molecule has 0 atom stereocenters. The van der Waals surface area contributed by atoms with Gasteiger partial charge in [0.2, 0.25) is 0 Å². The summed E-state index contributed by atoms with van der Waals surface area (Å²) in [6, 6.07) is 9.95. The first kappa shape index (κ1) is 18.0. The minimum Gasteiger partial charge on any atom is -0.497 e. The number of hydrogen-bond donors (Lipinski definition) is 1. The molecule has 1 N–H and O–H groups in total. The normalized spacial score (nSPS) is 13.5. The van der Waals surface area contributed by atoms with E-state index in [0.717, 1.165) is 9.21 Å². The van der Waals surface area contributed by atoms with Crippen LogP contribution in [0, 0.1) is 0 Å². The summed E-state index contributed by atoms with van der Waals surface area (Å²) in [6.07, 6.45) is 0. The molecular formula is C16H13ClN2O6S. The first-order chi connectivity index (χ1) is 12.3. The molecule has 1 aliphatic heterocycles. The van der Waals surface area contributed by atoms with E-state index in [9.17, 15) is 18.0 Å². The van der Waals surface area contributed by atoms with Crippen LogP contribution in [0.3, 0.4) is 0 Å². The molecule has 0 radical (unpaired) electrons. The standard InChI is InChI=1S/C16H13ClN2O6S/c1-25-11-3-5-12(6-4-11)26(23,24)19-9-18(15(20)16(21)22)14-8-10(17)2-7-13(14)19/h2-8H,9H2,1H3,(H,21,22). The lowest BCUT2D eigenvalue weighted by Gasteiger charge is -2.20. The lowest BCUT2D eigenvalue weighted by Crippen LogP contribution is -2.41. The predicted molar refractivity (Wildman–Crippen MR) is 94.1 cm³/mol. The molecule has 0 aliphatic carbocycles. The van der Waals surface area contributed by atoms with Crippen LogP contribution >= 0.6 is 11.6 Å². The molecule has 1 amide bonds. The molecule has 0 saturated carbocycles. The van der Waals surface area contributed by atoms with Gasteiger partial charge in [-0.25, -0.2) is 17.5 Å². The van der Waals surface area contributed by atoms with Crippen molar-refractivity contribution < 1.29 is 27.9 Å². The Hall–Kier alpha value is -2.78. The minimum atomic E-state index is -4.03. The number of methoxy groups -OCH3 is 1. The molecule has 0 fully saturated rings. The number of ether oxygens (including phenoxy) is 1. The monoisotopic (exact) mass is 396 g/mol. The number of amides is 1. The number of carboxylic acid groups (broad SMARTS) is 1. The molecule has 136 valence electrons. The van der Waals surface area contributed by atoms with Gasteiger partial charge in [0.15, 0.2) is 0 Å². The molecule has 0 spiro atoms. The Labute approximate surface area is 154 Å². The van der Waals surface area contributed by atoms with Gasteiger partial charge in [-0.15, -0.1) is 0 Å². The number of carbonyl (C=O) groups is 2. The number of aliphatic carboxylic acids is 1. The number of fused-ring (bicyclic) bond motifs is 1. The van der Waals surface area contributed by atoms with Gasteiger partial charge in [0.25, 0.3) is 10.0 Å². The third-order valence-electron chi connectivity index (χ3n) is 3.84. The number of rotatable bonds is 3. The molecule has 26 heavy (non-hydrogen) atoms. The van der Waals surface area contributed by atoms with Crippen molar-refractivity contribution in [2.45, 2.75) is 4.90 Å². The molecule has 1 heterocycles. The molecule has 0 bridgehead atoms. The SMILES string of the molecule is COc1ccc(S(=O)(=O)N2CN(C(=O)C(=O)O)c3cc(Cl)ccc32)cc1. The maximum absolute atomic E-state index is 13.0. The van der Waals surface area contributed by atoms with Gasteiger partial charge in [0, 0.05) is 5.02 Å². The van der Waals surface area contributed by atoms with E-state index < -0.39 is 28.6 Å². The van der Waals surface area contributed by atoms with Crippen LogP contribution in [0.2, 0.25) is 5.02 Å².